The Labute approximate surface area is 241 Å². The lowest BCUT2D eigenvalue weighted by molar-refractivity contribution is -0.402. The van der Waals surface area contributed by atoms with Gasteiger partial charge < -0.3 is 4.90 Å². The molecule has 2 aliphatic rings. The average Bonchev–Trinajstić information content (AvgIpc) is 3.33. The largest absolute Gasteiger partial charge is 0.347 e. The highest BCUT2D eigenvalue weighted by Gasteiger charge is 2.47. The molecular formula is C36H36N3O2+. The standard InChI is InChI=1S/C36H36N3O2/c1-6-35(2)32(38(5)31-21-19-26-15-10-11-16-28(26)34(31)35)17-12-18-33-36(3,24-25-13-8-7-9-14-25)29-23-27(39(40)41)20-22-30(29)37(33)4/h7-23H,6,24H2,1-5H3/q+1. The first-order valence-electron chi connectivity index (χ1n) is 14.3. The van der Waals surface area contributed by atoms with Gasteiger partial charge >= 0.3 is 0 Å². The minimum atomic E-state index is -0.429. The van der Waals surface area contributed by atoms with Gasteiger partial charge in [-0.05, 0) is 60.7 Å². The number of nitro benzene ring substituents is 1. The van der Waals surface area contributed by atoms with E-state index in [4.69, 9.17) is 0 Å². The fraction of sp³-hybridized carbons (Fsp3) is 0.250. The molecular weight excluding hydrogens is 506 g/mol. The molecule has 2 aliphatic heterocycles. The molecule has 0 saturated carbocycles. The number of non-ortho nitro benzene ring substituents is 1. The van der Waals surface area contributed by atoms with Gasteiger partial charge in [0.25, 0.3) is 5.69 Å². The summed E-state index contributed by atoms with van der Waals surface area (Å²) in [5, 5.41) is 14.3. The van der Waals surface area contributed by atoms with Gasteiger partial charge in [-0.3, -0.25) is 10.1 Å². The van der Waals surface area contributed by atoms with Gasteiger partial charge in [-0.25, -0.2) is 0 Å². The van der Waals surface area contributed by atoms with Crippen LogP contribution in [0.5, 0.6) is 0 Å². The number of hydrogen-bond donors (Lipinski definition) is 0. The van der Waals surface area contributed by atoms with Crippen LogP contribution in [0, 0.1) is 10.1 Å². The third kappa shape index (κ3) is 4.10. The van der Waals surface area contributed by atoms with E-state index in [1.165, 1.54) is 33.3 Å². The molecule has 0 bridgehead atoms. The molecule has 5 nitrogen and oxygen atoms in total. The molecule has 0 spiro atoms. The maximum Gasteiger partial charge on any atom is 0.270 e. The van der Waals surface area contributed by atoms with Gasteiger partial charge in [0, 0.05) is 53.7 Å². The number of likely N-dealkylation sites (N-methyl/N-ethyl adjacent to an activating group) is 1. The molecule has 0 aromatic heterocycles. The maximum absolute atomic E-state index is 11.7. The number of anilines is 1. The second-order valence-electron chi connectivity index (χ2n) is 11.7. The highest BCUT2D eigenvalue weighted by atomic mass is 16.6. The maximum atomic E-state index is 11.7. The van der Waals surface area contributed by atoms with Crippen molar-refractivity contribution < 1.29 is 9.50 Å². The van der Waals surface area contributed by atoms with Crippen molar-refractivity contribution in [2.24, 2.45) is 0 Å². The van der Waals surface area contributed by atoms with Gasteiger partial charge in [0.05, 0.1) is 10.3 Å². The highest BCUT2D eigenvalue weighted by Crippen LogP contribution is 2.52. The highest BCUT2D eigenvalue weighted by molar-refractivity contribution is 6.04. The fourth-order valence-electron chi connectivity index (χ4n) is 7.13. The Morgan fingerprint density at radius 3 is 2.41 bits per heavy atom. The summed E-state index contributed by atoms with van der Waals surface area (Å²) in [5.41, 5.74) is 7.80. The van der Waals surface area contributed by atoms with Crippen LogP contribution in [-0.2, 0) is 17.3 Å². The summed E-state index contributed by atoms with van der Waals surface area (Å²) < 4.78 is 2.19. The molecule has 0 aliphatic carbocycles. The third-order valence-corrected chi connectivity index (χ3v) is 9.44. The lowest BCUT2D eigenvalue weighted by Crippen LogP contribution is -2.33. The Balaban J connectivity index is 1.44. The quantitative estimate of drug-likeness (QED) is 0.140. The fourth-order valence-corrected chi connectivity index (χ4v) is 7.13. The summed E-state index contributed by atoms with van der Waals surface area (Å²) >= 11 is 0. The Morgan fingerprint density at radius 1 is 0.951 bits per heavy atom. The zero-order valence-corrected chi connectivity index (χ0v) is 24.4. The van der Waals surface area contributed by atoms with Gasteiger partial charge in [-0.15, -0.1) is 0 Å². The van der Waals surface area contributed by atoms with Crippen LogP contribution in [0.4, 0.5) is 17.1 Å². The molecule has 6 rings (SSSR count). The van der Waals surface area contributed by atoms with E-state index in [-0.39, 0.29) is 16.0 Å². The molecule has 2 unspecified atom stereocenters. The van der Waals surface area contributed by atoms with Crippen molar-refractivity contribution in [2.75, 3.05) is 19.0 Å². The molecule has 4 aromatic carbocycles. The van der Waals surface area contributed by atoms with Crippen LogP contribution in [0.15, 0.2) is 109 Å². The van der Waals surface area contributed by atoms with E-state index in [0.717, 1.165) is 29.8 Å². The predicted octanol–water partition coefficient (Wildman–Crippen LogP) is 8.23. The van der Waals surface area contributed by atoms with Crippen LogP contribution in [0.25, 0.3) is 10.8 Å². The topological polar surface area (TPSA) is 49.4 Å². The van der Waals surface area contributed by atoms with E-state index >= 15 is 0 Å². The summed E-state index contributed by atoms with van der Waals surface area (Å²) in [6.45, 7) is 6.83. The molecule has 2 atom stereocenters. The summed E-state index contributed by atoms with van der Waals surface area (Å²) in [7, 11) is 4.23. The van der Waals surface area contributed by atoms with Crippen LogP contribution in [0.2, 0.25) is 0 Å². The predicted molar refractivity (Wildman–Crippen MR) is 169 cm³/mol. The van der Waals surface area contributed by atoms with E-state index in [1.807, 2.05) is 12.1 Å². The van der Waals surface area contributed by atoms with E-state index in [0.29, 0.717) is 0 Å². The van der Waals surface area contributed by atoms with Gasteiger partial charge in [0.2, 0.25) is 5.69 Å². The lowest BCUT2D eigenvalue weighted by Gasteiger charge is -2.28. The van der Waals surface area contributed by atoms with E-state index in [9.17, 15) is 10.1 Å². The van der Waals surface area contributed by atoms with Crippen molar-refractivity contribution in [3.8, 4) is 0 Å². The van der Waals surface area contributed by atoms with Crippen molar-refractivity contribution in [3.05, 3.63) is 136 Å². The monoisotopic (exact) mass is 542 g/mol. The van der Waals surface area contributed by atoms with Gasteiger partial charge in [-0.1, -0.05) is 73.7 Å². The Bertz CT molecular complexity index is 1790. The smallest absolute Gasteiger partial charge is 0.270 e. The number of rotatable bonds is 6. The van der Waals surface area contributed by atoms with Gasteiger partial charge in [0.1, 0.15) is 7.05 Å². The molecule has 5 heteroatoms. The summed E-state index contributed by atoms with van der Waals surface area (Å²) in [6.07, 6.45) is 8.35. The Morgan fingerprint density at radius 2 is 1.68 bits per heavy atom. The summed E-state index contributed by atoms with van der Waals surface area (Å²) in [6, 6.07) is 28.8. The third-order valence-electron chi connectivity index (χ3n) is 9.44. The molecule has 4 aromatic rings. The molecule has 206 valence electrons. The number of allylic oxidation sites excluding steroid dienone is 4. The number of hydrogen-bond acceptors (Lipinski definition) is 3. The number of fused-ring (bicyclic) bond motifs is 4. The molecule has 2 heterocycles. The molecule has 0 saturated heterocycles. The van der Waals surface area contributed by atoms with E-state index in [1.54, 1.807) is 12.1 Å². The van der Waals surface area contributed by atoms with Crippen molar-refractivity contribution in [3.63, 3.8) is 0 Å². The molecule has 0 fully saturated rings. The zero-order valence-electron chi connectivity index (χ0n) is 24.4. The van der Waals surface area contributed by atoms with E-state index in [2.05, 4.69) is 123 Å². The van der Waals surface area contributed by atoms with Crippen molar-refractivity contribution in [1.82, 2.24) is 0 Å². The normalized spacial score (nSPS) is 22.7. The first-order valence-corrected chi connectivity index (χ1v) is 14.3. The zero-order chi connectivity index (χ0) is 28.9. The van der Waals surface area contributed by atoms with Crippen LogP contribution < -0.4 is 4.90 Å². The van der Waals surface area contributed by atoms with Crippen LogP contribution in [-0.4, -0.2) is 29.3 Å². The molecule has 0 radical (unpaired) electrons. The average molecular weight is 543 g/mol. The molecule has 0 amide bonds. The first-order chi connectivity index (χ1) is 19.7. The lowest BCUT2D eigenvalue weighted by atomic mass is 9.74. The minimum Gasteiger partial charge on any atom is -0.347 e. The van der Waals surface area contributed by atoms with Crippen LogP contribution in [0.3, 0.4) is 0 Å². The number of nitro groups is 1. The molecule has 0 N–H and O–H groups in total. The Kier molecular flexibility index (Phi) is 6.41. The second-order valence-corrected chi connectivity index (χ2v) is 11.7. The van der Waals surface area contributed by atoms with Gasteiger partial charge in [0.15, 0.2) is 5.71 Å². The minimum absolute atomic E-state index is 0.125. The van der Waals surface area contributed by atoms with E-state index < -0.39 is 5.41 Å². The Hall–Kier alpha value is -4.51. The number of benzene rings is 4. The number of nitrogens with zero attached hydrogens (tertiary/aromatic N) is 3. The van der Waals surface area contributed by atoms with Crippen molar-refractivity contribution in [1.29, 1.82) is 0 Å². The van der Waals surface area contributed by atoms with Crippen molar-refractivity contribution >= 4 is 33.5 Å². The molecule has 41 heavy (non-hydrogen) atoms. The summed E-state index contributed by atoms with van der Waals surface area (Å²) in [4.78, 5) is 13.7. The van der Waals surface area contributed by atoms with Crippen LogP contribution >= 0.6 is 0 Å². The second kappa shape index (κ2) is 9.84. The summed E-state index contributed by atoms with van der Waals surface area (Å²) in [5.74, 6) is 0. The van der Waals surface area contributed by atoms with Gasteiger partial charge in [-0.2, -0.15) is 4.58 Å². The SMILES string of the molecule is CCC1(C)C(=CC=CC2=[N+](C)c3ccc([N+](=O)[O-])cc3C2(C)Cc2ccccc2)N(C)c2ccc3ccccc3c21. The van der Waals surface area contributed by atoms with Crippen LogP contribution in [0.1, 0.15) is 43.9 Å². The first kappa shape index (κ1) is 26.7. The van der Waals surface area contributed by atoms with Crippen molar-refractivity contribution in [2.45, 2.75) is 44.4 Å².